The van der Waals surface area contributed by atoms with E-state index < -0.39 is 12.1 Å². The fraction of sp³-hybridized carbons (Fsp3) is 0.167. The quantitative estimate of drug-likeness (QED) is 0.589. The zero-order chi connectivity index (χ0) is 20.5. The Morgan fingerprint density at radius 3 is 2.21 bits per heavy atom. The highest BCUT2D eigenvalue weighted by Crippen LogP contribution is 2.16. The van der Waals surface area contributed by atoms with Crippen molar-refractivity contribution in [1.29, 1.82) is 0 Å². The van der Waals surface area contributed by atoms with E-state index in [4.69, 9.17) is 9.47 Å². The number of benzene rings is 3. The van der Waals surface area contributed by atoms with Gasteiger partial charge in [-0.1, -0.05) is 66.7 Å². The van der Waals surface area contributed by atoms with Crippen molar-refractivity contribution < 1.29 is 19.1 Å². The van der Waals surface area contributed by atoms with E-state index in [-0.39, 0.29) is 12.5 Å². The molecule has 0 aromatic heterocycles. The van der Waals surface area contributed by atoms with Gasteiger partial charge in [-0.05, 0) is 30.7 Å². The summed E-state index contributed by atoms with van der Waals surface area (Å²) in [6.07, 6.45) is -0.908. The van der Waals surface area contributed by atoms with E-state index in [1.54, 1.807) is 25.1 Å². The molecule has 3 rings (SSSR count). The molecule has 0 aliphatic heterocycles. The molecule has 0 unspecified atom stereocenters. The predicted octanol–water partition coefficient (Wildman–Crippen LogP) is 4.13. The minimum absolute atomic E-state index is 0.226. The van der Waals surface area contributed by atoms with Crippen molar-refractivity contribution >= 4 is 11.9 Å². The van der Waals surface area contributed by atoms with Crippen LogP contribution in [0.2, 0.25) is 0 Å². The molecule has 0 saturated heterocycles. The third kappa shape index (κ3) is 5.94. The van der Waals surface area contributed by atoms with Crippen LogP contribution in [0, 0.1) is 0 Å². The van der Waals surface area contributed by atoms with Gasteiger partial charge in [0.25, 0.3) is 5.91 Å². The highest BCUT2D eigenvalue weighted by Gasteiger charge is 2.20. The second-order valence-electron chi connectivity index (χ2n) is 6.51. The second kappa shape index (κ2) is 10.1. The first-order valence-electron chi connectivity index (χ1n) is 9.42. The normalized spacial score (nSPS) is 11.3. The molecule has 29 heavy (non-hydrogen) atoms. The lowest BCUT2D eigenvalue weighted by Crippen LogP contribution is -2.35. The summed E-state index contributed by atoms with van der Waals surface area (Å²) in [5.74, 6) is -0.191. The van der Waals surface area contributed by atoms with Crippen LogP contribution in [0.25, 0.3) is 0 Å². The molecule has 5 heteroatoms. The van der Waals surface area contributed by atoms with E-state index in [2.05, 4.69) is 5.32 Å². The van der Waals surface area contributed by atoms with Gasteiger partial charge in [0, 0.05) is 12.1 Å². The van der Waals surface area contributed by atoms with Crippen LogP contribution in [0.5, 0.6) is 5.75 Å². The molecule has 0 aliphatic rings. The lowest BCUT2D eigenvalue weighted by atomic mass is 10.1. The van der Waals surface area contributed by atoms with Crippen LogP contribution in [-0.2, 0) is 22.7 Å². The van der Waals surface area contributed by atoms with Crippen LogP contribution in [-0.4, -0.2) is 18.0 Å². The van der Waals surface area contributed by atoms with Crippen LogP contribution in [0.15, 0.2) is 84.9 Å². The number of rotatable bonds is 8. The molecule has 0 saturated carbocycles. The Morgan fingerprint density at radius 2 is 1.48 bits per heavy atom. The number of ether oxygens (including phenoxy) is 2. The van der Waals surface area contributed by atoms with Crippen LogP contribution in [0.4, 0.5) is 0 Å². The van der Waals surface area contributed by atoms with Gasteiger partial charge in [-0.2, -0.15) is 0 Å². The van der Waals surface area contributed by atoms with Crippen LogP contribution >= 0.6 is 0 Å². The highest BCUT2D eigenvalue weighted by atomic mass is 16.5. The van der Waals surface area contributed by atoms with E-state index >= 15 is 0 Å². The van der Waals surface area contributed by atoms with E-state index in [0.717, 1.165) is 5.56 Å². The molecular weight excluding hydrogens is 366 g/mol. The van der Waals surface area contributed by atoms with Gasteiger partial charge >= 0.3 is 5.97 Å². The zero-order valence-electron chi connectivity index (χ0n) is 16.2. The van der Waals surface area contributed by atoms with Crippen LogP contribution in [0.3, 0.4) is 0 Å². The molecule has 1 N–H and O–H groups in total. The fourth-order valence-corrected chi connectivity index (χ4v) is 2.73. The van der Waals surface area contributed by atoms with Crippen molar-refractivity contribution in [3.05, 3.63) is 102 Å². The monoisotopic (exact) mass is 389 g/mol. The fourth-order valence-electron chi connectivity index (χ4n) is 2.73. The van der Waals surface area contributed by atoms with Crippen LogP contribution < -0.4 is 10.1 Å². The Balaban J connectivity index is 1.57. The topological polar surface area (TPSA) is 64.6 Å². The molecule has 0 bridgehead atoms. The number of para-hydroxylation sites is 1. The standard InChI is InChI=1S/C24H23NO4/c1-18(23(26)25-16-19-10-4-2-5-11-19)29-24(27)22-15-9-8-12-20(22)17-28-21-13-6-3-7-14-21/h2-15,18H,16-17H2,1H3,(H,25,26)/t18-/m1/s1. The van der Waals surface area contributed by atoms with Gasteiger partial charge in [0.05, 0.1) is 5.56 Å². The molecule has 0 fully saturated rings. The Kier molecular flexibility index (Phi) is 7.00. The Labute approximate surface area is 170 Å². The summed E-state index contributed by atoms with van der Waals surface area (Å²) in [6.45, 7) is 2.16. The van der Waals surface area contributed by atoms with E-state index in [0.29, 0.717) is 23.4 Å². The average Bonchev–Trinajstić information content (AvgIpc) is 2.77. The summed E-state index contributed by atoms with van der Waals surface area (Å²) in [5, 5.41) is 2.78. The number of nitrogens with one attached hydrogen (secondary N) is 1. The van der Waals surface area contributed by atoms with E-state index in [9.17, 15) is 9.59 Å². The molecule has 148 valence electrons. The van der Waals surface area contributed by atoms with Crippen molar-refractivity contribution in [2.45, 2.75) is 26.2 Å². The third-order valence-corrected chi connectivity index (χ3v) is 4.34. The number of esters is 1. The van der Waals surface area contributed by atoms with Crippen molar-refractivity contribution in [2.24, 2.45) is 0 Å². The maximum atomic E-state index is 12.6. The predicted molar refractivity (Wildman–Crippen MR) is 110 cm³/mol. The first-order valence-corrected chi connectivity index (χ1v) is 9.42. The van der Waals surface area contributed by atoms with Crippen molar-refractivity contribution in [2.75, 3.05) is 0 Å². The molecule has 0 spiro atoms. The number of amides is 1. The second-order valence-corrected chi connectivity index (χ2v) is 6.51. The van der Waals surface area contributed by atoms with Crippen LogP contribution in [0.1, 0.15) is 28.4 Å². The van der Waals surface area contributed by atoms with Gasteiger partial charge in [0.15, 0.2) is 6.10 Å². The zero-order valence-corrected chi connectivity index (χ0v) is 16.2. The third-order valence-electron chi connectivity index (χ3n) is 4.34. The Bertz CT molecular complexity index is 941. The average molecular weight is 389 g/mol. The molecule has 3 aromatic carbocycles. The van der Waals surface area contributed by atoms with Gasteiger partial charge in [0.2, 0.25) is 0 Å². The summed E-state index contributed by atoms with van der Waals surface area (Å²) in [4.78, 5) is 24.9. The lowest BCUT2D eigenvalue weighted by molar-refractivity contribution is -0.129. The molecule has 5 nitrogen and oxygen atoms in total. The van der Waals surface area contributed by atoms with E-state index in [1.165, 1.54) is 0 Å². The number of carbonyl (C=O) groups excluding carboxylic acids is 2. The first kappa shape index (κ1) is 20.1. The smallest absolute Gasteiger partial charge is 0.339 e. The summed E-state index contributed by atoms with van der Waals surface area (Å²) in [7, 11) is 0. The minimum Gasteiger partial charge on any atom is -0.489 e. The molecule has 1 atom stereocenters. The number of hydrogen-bond donors (Lipinski definition) is 1. The number of carbonyl (C=O) groups is 2. The van der Waals surface area contributed by atoms with Crippen molar-refractivity contribution in [1.82, 2.24) is 5.32 Å². The molecule has 3 aromatic rings. The molecule has 0 aliphatic carbocycles. The maximum absolute atomic E-state index is 12.6. The maximum Gasteiger partial charge on any atom is 0.339 e. The molecule has 0 heterocycles. The summed E-state index contributed by atoms with van der Waals surface area (Å²) in [6, 6.07) is 26.0. The molecule has 1 amide bonds. The van der Waals surface area contributed by atoms with Gasteiger partial charge in [-0.25, -0.2) is 4.79 Å². The van der Waals surface area contributed by atoms with E-state index in [1.807, 2.05) is 66.7 Å². The summed E-state index contributed by atoms with van der Waals surface area (Å²) < 4.78 is 11.1. The van der Waals surface area contributed by atoms with Gasteiger partial charge in [-0.15, -0.1) is 0 Å². The first-order chi connectivity index (χ1) is 14.1. The molecular formula is C24H23NO4. The van der Waals surface area contributed by atoms with Crippen molar-refractivity contribution in [3.63, 3.8) is 0 Å². The largest absolute Gasteiger partial charge is 0.489 e. The SMILES string of the molecule is C[C@@H](OC(=O)c1ccccc1COc1ccccc1)C(=O)NCc1ccccc1. The Morgan fingerprint density at radius 1 is 0.862 bits per heavy atom. The Hall–Kier alpha value is -3.60. The lowest BCUT2D eigenvalue weighted by Gasteiger charge is -2.15. The van der Waals surface area contributed by atoms with Gasteiger partial charge < -0.3 is 14.8 Å². The molecule has 0 radical (unpaired) electrons. The minimum atomic E-state index is -0.908. The van der Waals surface area contributed by atoms with Crippen molar-refractivity contribution in [3.8, 4) is 5.75 Å². The summed E-state index contributed by atoms with van der Waals surface area (Å²) in [5.41, 5.74) is 2.05. The van der Waals surface area contributed by atoms with Gasteiger partial charge in [0.1, 0.15) is 12.4 Å². The highest BCUT2D eigenvalue weighted by molar-refractivity contribution is 5.93. The number of hydrogen-bond acceptors (Lipinski definition) is 4. The summed E-state index contributed by atoms with van der Waals surface area (Å²) >= 11 is 0. The van der Waals surface area contributed by atoms with Gasteiger partial charge in [-0.3, -0.25) is 4.79 Å².